The van der Waals surface area contributed by atoms with Crippen LogP contribution in [0.3, 0.4) is 0 Å². The van der Waals surface area contributed by atoms with E-state index in [0.29, 0.717) is 5.92 Å². The molecule has 0 bridgehead atoms. The average Bonchev–Trinajstić information content (AvgIpc) is 2.68. The van der Waals surface area contributed by atoms with Crippen molar-refractivity contribution in [3.8, 4) is 0 Å². The largest absolute Gasteiger partial charge is 0.204 e. The van der Waals surface area contributed by atoms with Gasteiger partial charge in [-0.3, -0.25) is 0 Å². The van der Waals surface area contributed by atoms with Crippen LogP contribution >= 0.6 is 0 Å². The predicted molar refractivity (Wildman–Crippen MR) is 99.7 cm³/mol. The van der Waals surface area contributed by atoms with Crippen molar-refractivity contribution < 1.29 is 22.0 Å². The van der Waals surface area contributed by atoms with E-state index in [4.69, 9.17) is 0 Å². The molecule has 28 heavy (non-hydrogen) atoms. The molecular weight excluding hydrogens is 371 g/mol. The molecule has 0 radical (unpaired) electrons. The van der Waals surface area contributed by atoms with Gasteiger partial charge in [-0.1, -0.05) is 25.8 Å². The van der Waals surface area contributed by atoms with Crippen LogP contribution in [0.2, 0.25) is 0 Å². The third kappa shape index (κ3) is 4.73. The Labute approximate surface area is 162 Å². The maximum absolute atomic E-state index is 14.3. The second kappa shape index (κ2) is 9.06. The molecule has 0 aliphatic heterocycles. The van der Waals surface area contributed by atoms with Gasteiger partial charge in [-0.15, -0.1) is 0 Å². The van der Waals surface area contributed by atoms with E-state index in [1.165, 1.54) is 12.5 Å². The van der Waals surface area contributed by atoms with E-state index in [1.54, 1.807) is 6.07 Å². The number of rotatable bonds is 6. The number of aryl methyl sites for hydroxylation is 2. The molecule has 1 aliphatic rings. The van der Waals surface area contributed by atoms with Gasteiger partial charge in [0.25, 0.3) is 0 Å². The summed E-state index contributed by atoms with van der Waals surface area (Å²) in [6, 6.07) is 4.75. The quantitative estimate of drug-likeness (QED) is 0.357. The van der Waals surface area contributed by atoms with Gasteiger partial charge in [-0.25, -0.2) is 22.0 Å². The van der Waals surface area contributed by atoms with Crippen LogP contribution in [0.5, 0.6) is 0 Å². The molecule has 0 amide bonds. The standard InChI is InChI=1S/C23H25F5/c1-2-3-14-4-7-16(8-5-14)18-12-17(22(27)21(26)13-18)9-6-15-10-19(24)23(28)20(25)11-15/h10-14,16H,2-9H2,1H3. The number of hydrogen-bond donors (Lipinski definition) is 0. The lowest BCUT2D eigenvalue weighted by Gasteiger charge is -2.29. The highest BCUT2D eigenvalue weighted by atomic mass is 19.2. The van der Waals surface area contributed by atoms with Gasteiger partial charge in [0, 0.05) is 0 Å². The van der Waals surface area contributed by atoms with Gasteiger partial charge in [0.1, 0.15) is 0 Å². The maximum atomic E-state index is 14.3. The zero-order valence-corrected chi connectivity index (χ0v) is 16.0. The van der Waals surface area contributed by atoms with Crippen molar-refractivity contribution >= 4 is 0 Å². The highest BCUT2D eigenvalue weighted by Crippen LogP contribution is 2.38. The summed E-state index contributed by atoms with van der Waals surface area (Å²) in [6.45, 7) is 2.17. The van der Waals surface area contributed by atoms with Crippen LogP contribution < -0.4 is 0 Å². The zero-order chi connectivity index (χ0) is 20.3. The lowest BCUT2D eigenvalue weighted by atomic mass is 9.77. The normalized spacial score (nSPS) is 19.8. The van der Waals surface area contributed by atoms with E-state index >= 15 is 0 Å². The first-order valence-electron chi connectivity index (χ1n) is 10.00. The SMILES string of the molecule is CCCC1CCC(c2cc(F)c(F)c(CCc3cc(F)c(F)c(F)c3)c2)CC1. The van der Waals surface area contributed by atoms with Crippen molar-refractivity contribution in [3.05, 3.63) is 70.0 Å². The van der Waals surface area contributed by atoms with Gasteiger partial charge < -0.3 is 0 Å². The second-order valence-corrected chi connectivity index (χ2v) is 7.86. The monoisotopic (exact) mass is 396 g/mol. The van der Waals surface area contributed by atoms with Crippen molar-refractivity contribution in [1.82, 2.24) is 0 Å². The first kappa shape index (κ1) is 20.8. The number of benzene rings is 2. The highest BCUT2D eigenvalue weighted by Gasteiger charge is 2.24. The van der Waals surface area contributed by atoms with E-state index in [9.17, 15) is 22.0 Å². The van der Waals surface area contributed by atoms with E-state index in [2.05, 4.69) is 6.92 Å². The van der Waals surface area contributed by atoms with Crippen molar-refractivity contribution in [2.24, 2.45) is 5.92 Å². The van der Waals surface area contributed by atoms with Crippen LogP contribution in [0, 0.1) is 35.0 Å². The van der Waals surface area contributed by atoms with Gasteiger partial charge in [-0.2, -0.15) is 0 Å². The molecule has 0 spiro atoms. The Morgan fingerprint density at radius 3 is 1.96 bits per heavy atom. The molecule has 5 heteroatoms. The molecule has 0 nitrogen and oxygen atoms in total. The Hall–Kier alpha value is -1.91. The molecular formula is C23H25F5. The van der Waals surface area contributed by atoms with Crippen molar-refractivity contribution in [3.63, 3.8) is 0 Å². The summed E-state index contributed by atoms with van der Waals surface area (Å²) in [6.07, 6.45) is 6.67. The van der Waals surface area contributed by atoms with Crippen molar-refractivity contribution in [2.75, 3.05) is 0 Å². The summed E-state index contributed by atoms with van der Waals surface area (Å²) in [5, 5.41) is 0. The summed E-state index contributed by atoms with van der Waals surface area (Å²) >= 11 is 0. The lowest BCUT2D eigenvalue weighted by Crippen LogP contribution is -2.14. The Bertz CT molecular complexity index is 799. The smallest absolute Gasteiger partial charge is 0.194 e. The van der Waals surface area contributed by atoms with Crippen LogP contribution in [0.1, 0.15) is 68.1 Å². The molecule has 0 atom stereocenters. The van der Waals surface area contributed by atoms with Crippen molar-refractivity contribution in [1.29, 1.82) is 0 Å². The molecule has 3 rings (SSSR count). The molecule has 0 heterocycles. The summed E-state index contributed by atoms with van der Waals surface area (Å²) in [4.78, 5) is 0. The minimum absolute atomic E-state index is 0.0896. The third-order valence-electron chi connectivity index (χ3n) is 5.87. The highest BCUT2D eigenvalue weighted by molar-refractivity contribution is 5.31. The van der Waals surface area contributed by atoms with Gasteiger partial charge in [0.2, 0.25) is 0 Å². The fourth-order valence-corrected chi connectivity index (χ4v) is 4.31. The van der Waals surface area contributed by atoms with Crippen molar-refractivity contribution in [2.45, 2.75) is 64.2 Å². The Morgan fingerprint density at radius 2 is 1.36 bits per heavy atom. The molecule has 2 aromatic rings. The molecule has 152 valence electrons. The number of hydrogen-bond acceptors (Lipinski definition) is 0. The molecule has 0 unspecified atom stereocenters. The molecule has 1 saturated carbocycles. The molecule has 1 aliphatic carbocycles. The lowest BCUT2D eigenvalue weighted by molar-refractivity contribution is 0.307. The van der Waals surface area contributed by atoms with Crippen LogP contribution in [0.15, 0.2) is 24.3 Å². The Balaban J connectivity index is 1.73. The van der Waals surface area contributed by atoms with E-state index in [0.717, 1.165) is 49.8 Å². The molecule has 2 aromatic carbocycles. The minimum atomic E-state index is -1.53. The summed E-state index contributed by atoms with van der Waals surface area (Å²) < 4.78 is 68.2. The molecule has 0 saturated heterocycles. The van der Waals surface area contributed by atoms with Gasteiger partial charge in [-0.05, 0) is 85.3 Å². The van der Waals surface area contributed by atoms with Gasteiger partial charge >= 0.3 is 0 Å². The fourth-order valence-electron chi connectivity index (χ4n) is 4.31. The van der Waals surface area contributed by atoms with Crippen LogP contribution in [-0.2, 0) is 12.8 Å². The predicted octanol–water partition coefficient (Wildman–Crippen LogP) is 7.24. The molecule has 0 N–H and O–H groups in total. The van der Waals surface area contributed by atoms with Gasteiger partial charge in [0.05, 0.1) is 0 Å². The maximum Gasteiger partial charge on any atom is 0.194 e. The van der Waals surface area contributed by atoms with Crippen LogP contribution in [0.4, 0.5) is 22.0 Å². The topological polar surface area (TPSA) is 0 Å². The van der Waals surface area contributed by atoms with E-state index in [-0.39, 0.29) is 29.9 Å². The van der Waals surface area contributed by atoms with E-state index < -0.39 is 29.1 Å². The Kier molecular flexibility index (Phi) is 6.73. The average molecular weight is 396 g/mol. The second-order valence-electron chi connectivity index (χ2n) is 7.86. The third-order valence-corrected chi connectivity index (χ3v) is 5.87. The summed E-state index contributed by atoms with van der Waals surface area (Å²) in [7, 11) is 0. The first-order valence-corrected chi connectivity index (χ1v) is 10.00. The van der Waals surface area contributed by atoms with Gasteiger partial charge in [0.15, 0.2) is 29.1 Å². The van der Waals surface area contributed by atoms with Crippen LogP contribution in [-0.4, -0.2) is 0 Å². The van der Waals surface area contributed by atoms with E-state index in [1.807, 2.05) is 0 Å². The Morgan fingerprint density at radius 1 is 0.750 bits per heavy atom. The molecule has 1 fully saturated rings. The fraction of sp³-hybridized carbons (Fsp3) is 0.478. The summed E-state index contributed by atoms with van der Waals surface area (Å²) in [5.41, 5.74) is 1.19. The number of halogens is 5. The zero-order valence-electron chi connectivity index (χ0n) is 16.0. The molecule has 0 aromatic heterocycles. The first-order chi connectivity index (χ1) is 13.4. The summed E-state index contributed by atoms with van der Waals surface area (Å²) in [5.74, 6) is -4.97. The van der Waals surface area contributed by atoms with Crippen LogP contribution in [0.25, 0.3) is 0 Å². The minimum Gasteiger partial charge on any atom is -0.204 e.